The third-order valence-electron chi connectivity index (χ3n) is 2.74. The highest BCUT2D eigenvalue weighted by Gasteiger charge is 2.22. The van der Waals surface area contributed by atoms with Crippen LogP contribution >= 0.6 is 0 Å². The second-order valence-electron chi connectivity index (χ2n) is 3.98. The Hall–Kier alpha value is -1.82. The van der Waals surface area contributed by atoms with E-state index in [1.165, 1.54) is 6.07 Å². The first-order chi connectivity index (χ1) is 8.16. The van der Waals surface area contributed by atoms with Gasteiger partial charge >= 0.3 is 5.97 Å². The molecule has 1 fully saturated rings. The van der Waals surface area contributed by atoms with Gasteiger partial charge in [0.15, 0.2) is 0 Å². The highest BCUT2D eigenvalue weighted by molar-refractivity contribution is 5.84. The van der Waals surface area contributed by atoms with E-state index in [4.69, 9.17) is 9.52 Å². The predicted octanol–water partition coefficient (Wildman–Crippen LogP) is 0.204. The summed E-state index contributed by atoms with van der Waals surface area (Å²) in [5.41, 5.74) is 0. The molecule has 2 rings (SSSR count). The molecule has 1 saturated heterocycles. The van der Waals surface area contributed by atoms with Gasteiger partial charge in [-0.05, 0) is 25.1 Å². The van der Waals surface area contributed by atoms with Gasteiger partial charge in [0.25, 0.3) is 0 Å². The van der Waals surface area contributed by atoms with Crippen molar-refractivity contribution in [2.45, 2.75) is 13.0 Å². The van der Waals surface area contributed by atoms with Gasteiger partial charge < -0.3 is 20.2 Å². The normalized spacial score (nSPS) is 19.2. The third-order valence-corrected chi connectivity index (χ3v) is 2.74. The zero-order valence-electron chi connectivity index (χ0n) is 9.23. The first-order valence-corrected chi connectivity index (χ1v) is 5.47. The Kier molecular flexibility index (Phi) is 3.43. The third kappa shape index (κ3) is 2.85. The maximum atomic E-state index is 11.7. The van der Waals surface area contributed by atoms with Crippen LogP contribution in [0.25, 0.3) is 0 Å². The van der Waals surface area contributed by atoms with Gasteiger partial charge in [-0.25, -0.2) is 4.79 Å². The topological polar surface area (TPSA) is 91.6 Å². The minimum Gasteiger partial charge on any atom is -0.475 e. The van der Waals surface area contributed by atoms with Gasteiger partial charge in [-0.2, -0.15) is 0 Å². The first kappa shape index (κ1) is 11.7. The van der Waals surface area contributed by atoms with E-state index in [0.717, 1.165) is 13.0 Å². The maximum Gasteiger partial charge on any atom is 0.371 e. The van der Waals surface area contributed by atoms with E-state index in [1.807, 2.05) is 0 Å². The Bertz CT molecular complexity index is 421. The summed E-state index contributed by atoms with van der Waals surface area (Å²) in [6, 6.07) is 2.93. The zero-order valence-corrected chi connectivity index (χ0v) is 9.23. The molecule has 0 aromatic carbocycles. The van der Waals surface area contributed by atoms with Crippen LogP contribution in [0.2, 0.25) is 0 Å². The molecule has 92 valence electrons. The van der Waals surface area contributed by atoms with Crippen LogP contribution < -0.4 is 10.6 Å². The number of hydrogen-bond acceptors (Lipinski definition) is 4. The molecule has 17 heavy (non-hydrogen) atoms. The second kappa shape index (κ2) is 5.01. The Morgan fingerprint density at radius 2 is 2.35 bits per heavy atom. The summed E-state index contributed by atoms with van der Waals surface area (Å²) in [4.78, 5) is 22.2. The van der Waals surface area contributed by atoms with Crippen LogP contribution in [0.3, 0.4) is 0 Å². The average Bonchev–Trinajstić information content (AvgIpc) is 2.97. The molecule has 1 aliphatic rings. The summed E-state index contributed by atoms with van der Waals surface area (Å²) in [5, 5.41) is 14.5. The van der Waals surface area contributed by atoms with Crippen molar-refractivity contribution in [2.24, 2.45) is 5.92 Å². The molecule has 1 atom stereocenters. The van der Waals surface area contributed by atoms with E-state index in [1.54, 1.807) is 6.07 Å². The number of carbonyl (C=O) groups excluding carboxylic acids is 1. The SMILES string of the molecule is O=C(O)c1ccc(CNC(=O)C2CCNC2)o1. The molecule has 6 nitrogen and oxygen atoms in total. The predicted molar refractivity (Wildman–Crippen MR) is 58.5 cm³/mol. The van der Waals surface area contributed by atoms with Gasteiger partial charge in [-0.3, -0.25) is 4.79 Å². The van der Waals surface area contributed by atoms with Crippen molar-refractivity contribution in [3.63, 3.8) is 0 Å². The molecule has 1 aromatic heterocycles. The van der Waals surface area contributed by atoms with Crippen molar-refractivity contribution in [3.05, 3.63) is 23.7 Å². The molecular formula is C11H14N2O4. The quantitative estimate of drug-likeness (QED) is 0.697. The van der Waals surface area contributed by atoms with Gasteiger partial charge in [0.2, 0.25) is 11.7 Å². The number of furan rings is 1. The van der Waals surface area contributed by atoms with Gasteiger partial charge in [0, 0.05) is 6.54 Å². The van der Waals surface area contributed by atoms with Crippen molar-refractivity contribution in [2.75, 3.05) is 13.1 Å². The van der Waals surface area contributed by atoms with Crippen molar-refractivity contribution < 1.29 is 19.1 Å². The summed E-state index contributed by atoms with van der Waals surface area (Å²) in [5.74, 6) is -0.798. The molecule has 0 spiro atoms. The fourth-order valence-corrected chi connectivity index (χ4v) is 1.78. The Morgan fingerprint density at radius 1 is 1.53 bits per heavy atom. The monoisotopic (exact) mass is 238 g/mol. The van der Waals surface area contributed by atoms with Crippen LogP contribution in [-0.2, 0) is 11.3 Å². The molecule has 0 saturated carbocycles. The van der Waals surface area contributed by atoms with E-state index in [-0.39, 0.29) is 24.1 Å². The zero-order chi connectivity index (χ0) is 12.3. The standard InChI is InChI=1S/C11H14N2O4/c14-10(7-3-4-12-5-7)13-6-8-1-2-9(17-8)11(15)16/h1-2,7,12H,3-6H2,(H,13,14)(H,15,16). The van der Waals surface area contributed by atoms with Crippen LogP contribution in [0.4, 0.5) is 0 Å². The van der Waals surface area contributed by atoms with Crippen LogP contribution in [0, 0.1) is 5.92 Å². The van der Waals surface area contributed by atoms with Crippen LogP contribution in [0.1, 0.15) is 22.7 Å². The Balaban J connectivity index is 1.84. The molecule has 1 unspecified atom stereocenters. The molecule has 6 heteroatoms. The van der Waals surface area contributed by atoms with Gasteiger partial charge in [0.05, 0.1) is 12.5 Å². The molecule has 0 aliphatic carbocycles. The number of carboxylic acid groups (broad SMARTS) is 1. The summed E-state index contributed by atoms with van der Waals surface area (Å²) >= 11 is 0. The molecule has 1 aromatic rings. The number of aromatic carboxylic acids is 1. The number of rotatable bonds is 4. The van der Waals surface area contributed by atoms with Crippen molar-refractivity contribution in [3.8, 4) is 0 Å². The van der Waals surface area contributed by atoms with Crippen molar-refractivity contribution >= 4 is 11.9 Å². The van der Waals surface area contributed by atoms with Crippen LogP contribution in [0.5, 0.6) is 0 Å². The molecule has 0 bridgehead atoms. The lowest BCUT2D eigenvalue weighted by molar-refractivity contribution is -0.124. The lowest BCUT2D eigenvalue weighted by atomic mass is 10.1. The maximum absolute atomic E-state index is 11.7. The fourth-order valence-electron chi connectivity index (χ4n) is 1.78. The molecule has 0 radical (unpaired) electrons. The summed E-state index contributed by atoms with van der Waals surface area (Å²) < 4.78 is 5.03. The lowest BCUT2D eigenvalue weighted by Gasteiger charge is -2.08. The number of carboxylic acids is 1. The molecular weight excluding hydrogens is 224 g/mol. The van der Waals surface area contributed by atoms with Crippen molar-refractivity contribution in [1.82, 2.24) is 10.6 Å². The number of carbonyl (C=O) groups is 2. The highest BCUT2D eigenvalue weighted by atomic mass is 16.4. The molecule has 2 heterocycles. The number of nitrogens with one attached hydrogen (secondary N) is 2. The largest absolute Gasteiger partial charge is 0.475 e. The second-order valence-corrected chi connectivity index (χ2v) is 3.98. The van der Waals surface area contributed by atoms with Gasteiger partial charge in [-0.1, -0.05) is 0 Å². The summed E-state index contributed by atoms with van der Waals surface area (Å²) in [6.45, 7) is 1.79. The summed E-state index contributed by atoms with van der Waals surface area (Å²) in [7, 11) is 0. The smallest absolute Gasteiger partial charge is 0.371 e. The number of hydrogen-bond donors (Lipinski definition) is 3. The van der Waals surface area contributed by atoms with E-state index in [9.17, 15) is 9.59 Å². The number of amides is 1. The Labute approximate surface area is 98.0 Å². The van der Waals surface area contributed by atoms with Gasteiger partial charge in [-0.15, -0.1) is 0 Å². The van der Waals surface area contributed by atoms with E-state index in [2.05, 4.69) is 10.6 Å². The van der Waals surface area contributed by atoms with Crippen LogP contribution in [-0.4, -0.2) is 30.1 Å². The first-order valence-electron chi connectivity index (χ1n) is 5.47. The van der Waals surface area contributed by atoms with E-state index >= 15 is 0 Å². The van der Waals surface area contributed by atoms with E-state index in [0.29, 0.717) is 12.3 Å². The summed E-state index contributed by atoms with van der Waals surface area (Å²) in [6.07, 6.45) is 0.838. The average molecular weight is 238 g/mol. The highest BCUT2D eigenvalue weighted by Crippen LogP contribution is 2.10. The van der Waals surface area contributed by atoms with Crippen molar-refractivity contribution in [1.29, 1.82) is 0 Å². The lowest BCUT2D eigenvalue weighted by Crippen LogP contribution is -2.31. The minimum absolute atomic E-state index is 0.00362. The molecule has 1 amide bonds. The molecule has 3 N–H and O–H groups in total. The van der Waals surface area contributed by atoms with Crippen LogP contribution in [0.15, 0.2) is 16.5 Å². The minimum atomic E-state index is -1.11. The van der Waals surface area contributed by atoms with E-state index < -0.39 is 5.97 Å². The Morgan fingerprint density at radius 3 is 2.94 bits per heavy atom. The van der Waals surface area contributed by atoms with Gasteiger partial charge in [0.1, 0.15) is 5.76 Å². The fraction of sp³-hybridized carbons (Fsp3) is 0.455. The molecule has 1 aliphatic heterocycles.